The molecule has 0 bridgehead atoms. The predicted molar refractivity (Wildman–Crippen MR) is 118 cm³/mol. The van der Waals surface area contributed by atoms with Crippen molar-refractivity contribution in [3.63, 3.8) is 0 Å². The molecule has 2 aliphatic heterocycles. The molecule has 1 atom stereocenters. The van der Waals surface area contributed by atoms with Crippen LogP contribution in [0.25, 0.3) is 0 Å². The van der Waals surface area contributed by atoms with Gasteiger partial charge in [0.2, 0.25) is 5.91 Å². The van der Waals surface area contributed by atoms with E-state index in [9.17, 15) is 18.8 Å². The Bertz CT molecular complexity index is 985. The molecular formula is C23H26FN3O4S. The molecule has 2 fully saturated rings. The van der Waals surface area contributed by atoms with Gasteiger partial charge in [-0.05, 0) is 49.6 Å². The van der Waals surface area contributed by atoms with Crippen molar-refractivity contribution in [1.29, 1.82) is 0 Å². The molecule has 2 aliphatic rings. The first-order valence-corrected chi connectivity index (χ1v) is 11.5. The summed E-state index contributed by atoms with van der Waals surface area (Å²) in [6, 6.07) is 8.02. The van der Waals surface area contributed by atoms with Crippen LogP contribution in [0.2, 0.25) is 0 Å². The summed E-state index contributed by atoms with van der Waals surface area (Å²) in [5, 5.41) is 4.72. The van der Waals surface area contributed by atoms with Gasteiger partial charge in [-0.15, -0.1) is 11.3 Å². The van der Waals surface area contributed by atoms with Gasteiger partial charge in [0, 0.05) is 37.5 Å². The van der Waals surface area contributed by atoms with Gasteiger partial charge in [0.1, 0.15) is 17.6 Å². The Kier molecular flexibility index (Phi) is 6.30. The molecule has 1 aromatic heterocycles. The van der Waals surface area contributed by atoms with E-state index in [2.05, 4.69) is 5.32 Å². The van der Waals surface area contributed by atoms with Crippen molar-refractivity contribution in [2.45, 2.75) is 44.5 Å². The lowest BCUT2D eigenvalue weighted by molar-refractivity contribution is -0.128. The van der Waals surface area contributed by atoms with E-state index in [4.69, 9.17) is 4.74 Å². The van der Waals surface area contributed by atoms with Crippen LogP contribution >= 0.6 is 11.3 Å². The third-order valence-electron chi connectivity index (χ3n) is 5.87. The molecule has 0 radical (unpaired) electrons. The molecule has 0 aliphatic carbocycles. The maximum atomic E-state index is 13.5. The first-order chi connectivity index (χ1) is 15.3. The molecule has 3 amide bonds. The Morgan fingerprint density at radius 3 is 2.41 bits per heavy atom. The van der Waals surface area contributed by atoms with Crippen LogP contribution in [0.3, 0.4) is 0 Å². The SMILES string of the molecule is CC(C)NC(=O)[C@@H]1COC2(CCN(C(=O)c3cccs3)CC2)N1C(=O)c1ccc(F)cc1. The number of benzene rings is 1. The zero-order valence-electron chi connectivity index (χ0n) is 18.0. The summed E-state index contributed by atoms with van der Waals surface area (Å²) in [6.07, 6.45) is 0.783. The average molecular weight is 460 g/mol. The van der Waals surface area contributed by atoms with E-state index in [1.54, 1.807) is 11.0 Å². The Morgan fingerprint density at radius 1 is 1.12 bits per heavy atom. The molecule has 2 aromatic rings. The summed E-state index contributed by atoms with van der Waals surface area (Å²) in [5.74, 6) is -1.16. The summed E-state index contributed by atoms with van der Waals surface area (Å²) in [6.45, 7) is 4.59. The molecule has 7 nitrogen and oxygen atoms in total. The summed E-state index contributed by atoms with van der Waals surface area (Å²) in [5.41, 5.74) is -0.702. The molecule has 1 N–H and O–H groups in total. The lowest BCUT2D eigenvalue weighted by Gasteiger charge is -2.44. The number of nitrogens with zero attached hydrogens (tertiary/aromatic N) is 2. The van der Waals surface area contributed by atoms with Crippen molar-refractivity contribution in [2.75, 3.05) is 19.7 Å². The number of carbonyl (C=O) groups excluding carboxylic acids is 3. The van der Waals surface area contributed by atoms with Gasteiger partial charge < -0.3 is 15.0 Å². The molecule has 4 rings (SSSR count). The summed E-state index contributed by atoms with van der Waals surface area (Å²) in [4.78, 5) is 43.1. The Balaban J connectivity index is 1.58. The van der Waals surface area contributed by atoms with Crippen molar-refractivity contribution in [3.05, 3.63) is 58.0 Å². The van der Waals surface area contributed by atoms with Crippen LogP contribution in [0.1, 0.15) is 46.7 Å². The highest BCUT2D eigenvalue weighted by Crippen LogP contribution is 2.39. The van der Waals surface area contributed by atoms with E-state index in [1.807, 2.05) is 25.3 Å². The van der Waals surface area contributed by atoms with Crippen molar-refractivity contribution >= 4 is 29.1 Å². The number of ether oxygens (including phenoxy) is 1. The number of rotatable bonds is 4. The van der Waals surface area contributed by atoms with Gasteiger partial charge >= 0.3 is 0 Å². The molecule has 9 heteroatoms. The Morgan fingerprint density at radius 2 is 1.81 bits per heavy atom. The van der Waals surface area contributed by atoms with Gasteiger partial charge in [0.05, 0.1) is 11.5 Å². The Labute approximate surface area is 190 Å². The summed E-state index contributed by atoms with van der Waals surface area (Å²) >= 11 is 1.39. The quantitative estimate of drug-likeness (QED) is 0.763. The zero-order chi connectivity index (χ0) is 22.9. The monoisotopic (exact) mass is 459 g/mol. The summed E-state index contributed by atoms with van der Waals surface area (Å²) in [7, 11) is 0. The van der Waals surface area contributed by atoms with Gasteiger partial charge in [0.15, 0.2) is 0 Å². The van der Waals surface area contributed by atoms with Gasteiger partial charge in [-0.3, -0.25) is 19.3 Å². The van der Waals surface area contributed by atoms with Crippen molar-refractivity contribution < 1.29 is 23.5 Å². The van der Waals surface area contributed by atoms with Crippen LogP contribution in [0.5, 0.6) is 0 Å². The fourth-order valence-corrected chi connectivity index (χ4v) is 4.99. The normalized spacial score (nSPS) is 20.1. The first kappa shape index (κ1) is 22.4. The van der Waals surface area contributed by atoms with Crippen LogP contribution in [-0.2, 0) is 9.53 Å². The predicted octanol–water partition coefficient (Wildman–Crippen LogP) is 2.89. The second-order valence-corrected chi connectivity index (χ2v) is 9.34. The number of hydrogen-bond donors (Lipinski definition) is 1. The number of hydrogen-bond acceptors (Lipinski definition) is 5. The van der Waals surface area contributed by atoms with E-state index >= 15 is 0 Å². The maximum Gasteiger partial charge on any atom is 0.263 e. The number of likely N-dealkylation sites (tertiary alicyclic amines) is 1. The van der Waals surface area contributed by atoms with Crippen LogP contribution in [-0.4, -0.2) is 65.0 Å². The molecule has 2 saturated heterocycles. The van der Waals surface area contributed by atoms with Gasteiger partial charge in [-0.25, -0.2) is 4.39 Å². The topological polar surface area (TPSA) is 79.0 Å². The fraction of sp³-hybridized carbons (Fsp3) is 0.435. The number of halogens is 1. The smallest absolute Gasteiger partial charge is 0.263 e. The second kappa shape index (κ2) is 8.99. The van der Waals surface area contributed by atoms with Gasteiger partial charge in [0.25, 0.3) is 11.8 Å². The van der Waals surface area contributed by atoms with E-state index in [1.165, 1.54) is 40.5 Å². The van der Waals surface area contributed by atoms with Crippen molar-refractivity contribution in [3.8, 4) is 0 Å². The molecular weight excluding hydrogens is 433 g/mol. The van der Waals surface area contributed by atoms with Crippen LogP contribution in [0.15, 0.2) is 41.8 Å². The molecule has 3 heterocycles. The largest absolute Gasteiger partial charge is 0.353 e. The number of thiophene rings is 1. The van der Waals surface area contributed by atoms with Crippen molar-refractivity contribution in [1.82, 2.24) is 15.1 Å². The molecule has 32 heavy (non-hydrogen) atoms. The second-order valence-electron chi connectivity index (χ2n) is 8.39. The van der Waals surface area contributed by atoms with Gasteiger partial charge in [-0.1, -0.05) is 6.07 Å². The molecule has 1 aromatic carbocycles. The van der Waals surface area contributed by atoms with E-state index in [0.717, 1.165) is 0 Å². The lowest BCUT2D eigenvalue weighted by atomic mass is 9.96. The number of piperidine rings is 1. The molecule has 170 valence electrons. The van der Waals surface area contributed by atoms with Crippen LogP contribution in [0.4, 0.5) is 4.39 Å². The van der Waals surface area contributed by atoms with E-state index in [0.29, 0.717) is 30.8 Å². The first-order valence-electron chi connectivity index (χ1n) is 10.7. The average Bonchev–Trinajstić information content (AvgIpc) is 3.42. The van der Waals surface area contributed by atoms with Crippen LogP contribution < -0.4 is 5.32 Å². The Hall–Kier alpha value is -2.78. The lowest BCUT2D eigenvalue weighted by Crippen LogP contribution is -2.60. The van der Waals surface area contributed by atoms with Gasteiger partial charge in [-0.2, -0.15) is 0 Å². The minimum atomic E-state index is -0.989. The third-order valence-corrected chi connectivity index (χ3v) is 6.73. The minimum absolute atomic E-state index is 0.0432. The third kappa shape index (κ3) is 4.27. The zero-order valence-corrected chi connectivity index (χ0v) is 18.9. The minimum Gasteiger partial charge on any atom is -0.353 e. The molecule has 0 saturated carbocycles. The van der Waals surface area contributed by atoms with Crippen molar-refractivity contribution in [2.24, 2.45) is 0 Å². The number of nitrogens with one attached hydrogen (secondary N) is 1. The molecule has 0 unspecified atom stereocenters. The summed E-state index contributed by atoms with van der Waals surface area (Å²) < 4.78 is 19.5. The highest BCUT2D eigenvalue weighted by atomic mass is 32.1. The number of amides is 3. The standard InChI is InChI=1S/C23H26FN3O4S/c1-15(2)25-20(28)18-14-31-23(27(18)21(29)16-5-7-17(24)8-6-16)9-11-26(12-10-23)22(30)19-4-3-13-32-19/h3-8,13,15,18H,9-12,14H2,1-2H3,(H,25,28)/t18-/m0/s1. The number of carbonyl (C=O) groups is 3. The van der Waals surface area contributed by atoms with E-state index in [-0.39, 0.29) is 35.9 Å². The maximum absolute atomic E-state index is 13.5. The van der Waals surface area contributed by atoms with Crippen LogP contribution in [0, 0.1) is 5.82 Å². The fourth-order valence-electron chi connectivity index (χ4n) is 4.29. The highest BCUT2D eigenvalue weighted by Gasteiger charge is 2.54. The highest BCUT2D eigenvalue weighted by molar-refractivity contribution is 7.12. The van der Waals surface area contributed by atoms with E-state index < -0.39 is 17.6 Å². The molecule has 1 spiro atoms.